The van der Waals surface area contributed by atoms with Gasteiger partial charge in [-0.2, -0.15) is 0 Å². The maximum Gasteiger partial charge on any atom is 0.123 e. The lowest BCUT2D eigenvalue weighted by molar-refractivity contribution is 0.0840. The molecule has 1 unspecified atom stereocenters. The second kappa shape index (κ2) is 5.28. The Bertz CT molecular complexity index is 361. The minimum absolute atomic E-state index is 0.284. The van der Waals surface area contributed by atoms with Gasteiger partial charge in [-0.25, -0.2) is 4.39 Å². The third kappa shape index (κ3) is 2.64. The van der Waals surface area contributed by atoms with Crippen molar-refractivity contribution in [2.45, 2.75) is 38.2 Å². The van der Waals surface area contributed by atoms with Crippen molar-refractivity contribution in [2.24, 2.45) is 5.92 Å². The molecule has 1 fully saturated rings. The van der Waals surface area contributed by atoms with E-state index in [-0.39, 0.29) is 11.7 Å². The summed E-state index contributed by atoms with van der Waals surface area (Å²) in [6.45, 7) is 0. The molecule has 0 radical (unpaired) electrons. The number of hydrogen-bond donors (Lipinski definition) is 1. The van der Waals surface area contributed by atoms with Crippen LogP contribution < -0.4 is 0 Å². The Hall–Kier alpha value is -0.410. The van der Waals surface area contributed by atoms with E-state index < -0.39 is 6.10 Å². The standard InChI is InChI=1S/C13H16BrFO/c14-12-7-6-10(15)8-11(12)13(16)9-4-2-1-3-5-9/h6-9,13,16H,1-5H2. The number of halogens is 2. The minimum atomic E-state index is -0.537. The van der Waals surface area contributed by atoms with E-state index in [9.17, 15) is 9.50 Å². The Balaban J connectivity index is 2.18. The number of hydrogen-bond acceptors (Lipinski definition) is 1. The molecule has 1 N–H and O–H groups in total. The molecule has 1 aliphatic rings. The van der Waals surface area contributed by atoms with Crippen LogP contribution in [0.25, 0.3) is 0 Å². The first kappa shape index (κ1) is 12.1. The SMILES string of the molecule is OC(c1cc(F)ccc1Br)C1CCCCC1. The monoisotopic (exact) mass is 286 g/mol. The highest BCUT2D eigenvalue weighted by Crippen LogP contribution is 2.37. The van der Waals surface area contributed by atoms with Crippen LogP contribution in [0.15, 0.2) is 22.7 Å². The molecule has 0 amide bonds. The summed E-state index contributed by atoms with van der Waals surface area (Å²) in [5.41, 5.74) is 0.687. The van der Waals surface area contributed by atoms with Crippen LogP contribution in [0.5, 0.6) is 0 Å². The fourth-order valence-corrected chi connectivity index (χ4v) is 2.93. The molecule has 0 bridgehead atoms. The van der Waals surface area contributed by atoms with E-state index in [1.807, 2.05) is 0 Å². The Morgan fingerprint density at radius 2 is 1.94 bits per heavy atom. The topological polar surface area (TPSA) is 20.2 Å². The molecular formula is C13H16BrFO. The Kier molecular flexibility index (Phi) is 3.98. The van der Waals surface area contributed by atoms with Gasteiger partial charge in [0.25, 0.3) is 0 Å². The first-order chi connectivity index (χ1) is 7.68. The van der Waals surface area contributed by atoms with E-state index in [4.69, 9.17) is 0 Å². The fourth-order valence-electron chi connectivity index (χ4n) is 2.45. The summed E-state index contributed by atoms with van der Waals surface area (Å²) in [6.07, 6.45) is 5.16. The fraction of sp³-hybridized carbons (Fsp3) is 0.538. The van der Waals surface area contributed by atoms with E-state index in [2.05, 4.69) is 15.9 Å². The van der Waals surface area contributed by atoms with Crippen LogP contribution in [-0.4, -0.2) is 5.11 Å². The molecule has 1 nitrogen and oxygen atoms in total. The van der Waals surface area contributed by atoms with Crippen molar-refractivity contribution in [3.8, 4) is 0 Å². The molecule has 2 rings (SSSR count). The van der Waals surface area contributed by atoms with Gasteiger partial charge < -0.3 is 5.11 Å². The van der Waals surface area contributed by atoms with Crippen molar-refractivity contribution in [1.82, 2.24) is 0 Å². The maximum atomic E-state index is 13.1. The van der Waals surface area contributed by atoms with E-state index in [1.165, 1.54) is 31.4 Å². The van der Waals surface area contributed by atoms with Crippen LogP contribution in [0.2, 0.25) is 0 Å². The van der Waals surface area contributed by atoms with Gasteiger partial charge >= 0.3 is 0 Å². The summed E-state index contributed by atoms with van der Waals surface area (Å²) < 4.78 is 13.9. The molecule has 88 valence electrons. The van der Waals surface area contributed by atoms with E-state index in [0.29, 0.717) is 5.56 Å². The molecule has 1 aromatic rings. The van der Waals surface area contributed by atoms with Gasteiger partial charge in [-0.15, -0.1) is 0 Å². The number of rotatable bonds is 2. The average molecular weight is 287 g/mol. The second-order valence-electron chi connectivity index (χ2n) is 4.51. The molecule has 0 aliphatic heterocycles. The van der Waals surface area contributed by atoms with Gasteiger partial charge in [0.2, 0.25) is 0 Å². The maximum absolute atomic E-state index is 13.1. The summed E-state index contributed by atoms with van der Waals surface area (Å²) >= 11 is 3.37. The largest absolute Gasteiger partial charge is 0.388 e. The van der Waals surface area contributed by atoms with Crippen LogP contribution in [0.3, 0.4) is 0 Å². The quantitative estimate of drug-likeness (QED) is 0.864. The molecule has 3 heteroatoms. The highest BCUT2D eigenvalue weighted by Gasteiger charge is 2.24. The molecule has 1 atom stereocenters. The first-order valence-electron chi connectivity index (χ1n) is 5.81. The van der Waals surface area contributed by atoms with E-state index in [1.54, 1.807) is 6.07 Å². The van der Waals surface area contributed by atoms with Gasteiger partial charge in [0.05, 0.1) is 6.10 Å². The van der Waals surface area contributed by atoms with Crippen molar-refractivity contribution in [2.75, 3.05) is 0 Å². The van der Waals surface area contributed by atoms with E-state index >= 15 is 0 Å². The number of aliphatic hydroxyl groups excluding tert-OH is 1. The van der Waals surface area contributed by atoms with E-state index in [0.717, 1.165) is 17.3 Å². The van der Waals surface area contributed by atoms with Crippen molar-refractivity contribution >= 4 is 15.9 Å². The summed E-state index contributed by atoms with van der Waals surface area (Å²) in [4.78, 5) is 0. The third-order valence-electron chi connectivity index (χ3n) is 3.37. The number of aliphatic hydroxyl groups is 1. The van der Waals surface area contributed by atoms with Crippen molar-refractivity contribution in [3.05, 3.63) is 34.1 Å². The van der Waals surface area contributed by atoms with Gasteiger partial charge in [0, 0.05) is 4.47 Å². The smallest absolute Gasteiger partial charge is 0.123 e. The van der Waals surface area contributed by atoms with Crippen LogP contribution in [-0.2, 0) is 0 Å². The Labute approximate surface area is 104 Å². The third-order valence-corrected chi connectivity index (χ3v) is 4.10. The minimum Gasteiger partial charge on any atom is -0.388 e. The van der Waals surface area contributed by atoms with Crippen LogP contribution in [0, 0.1) is 11.7 Å². The zero-order valence-corrected chi connectivity index (χ0v) is 10.7. The van der Waals surface area contributed by atoms with Crippen molar-refractivity contribution < 1.29 is 9.50 Å². The van der Waals surface area contributed by atoms with Gasteiger partial charge in [-0.05, 0) is 42.5 Å². The molecule has 0 saturated heterocycles. The van der Waals surface area contributed by atoms with Gasteiger partial charge in [0.15, 0.2) is 0 Å². The number of benzene rings is 1. The molecule has 0 spiro atoms. The van der Waals surface area contributed by atoms with Crippen molar-refractivity contribution in [3.63, 3.8) is 0 Å². The van der Waals surface area contributed by atoms with Crippen molar-refractivity contribution in [1.29, 1.82) is 0 Å². The van der Waals surface area contributed by atoms with Gasteiger partial charge in [-0.1, -0.05) is 35.2 Å². The second-order valence-corrected chi connectivity index (χ2v) is 5.36. The van der Waals surface area contributed by atoms with Crippen LogP contribution in [0.4, 0.5) is 4.39 Å². The lowest BCUT2D eigenvalue weighted by Gasteiger charge is -2.27. The predicted molar refractivity (Wildman–Crippen MR) is 65.6 cm³/mol. The Morgan fingerprint density at radius 1 is 1.25 bits per heavy atom. The molecule has 16 heavy (non-hydrogen) atoms. The Morgan fingerprint density at radius 3 is 2.62 bits per heavy atom. The molecular weight excluding hydrogens is 271 g/mol. The van der Waals surface area contributed by atoms with Crippen LogP contribution in [0.1, 0.15) is 43.8 Å². The summed E-state index contributed by atoms with van der Waals surface area (Å²) in [7, 11) is 0. The highest BCUT2D eigenvalue weighted by atomic mass is 79.9. The molecule has 0 aromatic heterocycles. The highest BCUT2D eigenvalue weighted by molar-refractivity contribution is 9.10. The molecule has 1 aliphatic carbocycles. The summed E-state index contributed by atoms with van der Waals surface area (Å²) in [6, 6.07) is 4.50. The lowest BCUT2D eigenvalue weighted by atomic mass is 9.83. The van der Waals surface area contributed by atoms with Gasteiger partial charge in [-0.3, -0.25) is 0 Å². The summed E-state index contributed by atoms with van der Waals surface area (Å²) in [5, 5.41) is 10.3. The first-order valence-corrected chi connectivity index (χ1v) is 6.61. The van der Waals surface area contributed by atoms with Gasteiger partial charge in [0.1, 0.15) is 5.82 Å². The van der Waals surface area contributed by atoms with Crippen LogP contribution >= 0.6 is 15.9 Å². The average Bonchev–Trinajstić information content (AvgIpc) is 2.32. The molecule has 1 aromatic carbocycles. The lowest BCUT2D eigenvalue weighted by Crippen LogP contribution is -2.16. The predicted octanol–water partition coefficient (Wildman–Crippen LogP) is 4.20. The summed E-state index contributed by atoms with van der Waals surface area (Å²) in [5.74, 6) is -0.0000839. The zero-order chi connectivity index (χ0) is 11.5. The molecule has 1 saturated carbocycles. The molecule has 0 heterocycles. The zero-order valence-electron chi connectivity index (χ0n) is 9.13. The normalized spacial score (nSPS) is 19.7.